The minimum absolute atomic E-state index is 0.0946. The molecule has 1 amide bonds. The van der Waals surface area contributed by atoms with Gasteiger partial charge in [-0.25, -0.2) is 4.99 Å². The third kappa shape index (κ3) is 2.92. The molecule has 0 aliphatic carbocycles. The average Bonchev–Trinajstić information content (AvgIpc) is 3.09. The predicted molar refractivity (Wildman–Crippen MR) is 86.9 cm³/mol. The molecule has 112 valence electrons. The maximum absolute atomic E-state index is 12.4. The summed E-state index contributed by atoms with van der Waals surface area (Å²) in [5.74, 6) is 0.680. The van der Waals surface area contributed by atoms with Crippen molar-refractivity contribution in [2.45, 2.75) is 6.92 Å². The van der Waals surface area contributed by atoms with Crippen molar-refractivity contribution in [1.82, 2.24) is 4.90 Å². The van der Waals surface area contributed by atoms with Gasteiger partial charge < -0.3 is 9.52 Å². The molecule has 0 saturated carbocycles. The van der Waals surface area contributed by atoms with E-state index in [0.717, 1.165) is 0 Å². The summed E-state index contributed by atoms with van der Waals surface area (Å²) in [7, 11) is 0. The Kier molecular flexibility index (Phi) is 4.02. The van der Waals surface area contributed by atoms with Gasteiger partial charge in [0.25, 0.3) is 5.91 Å². The molecular weight excluding hydrogens is 300 g/mol. The van der Waals surface area contributed by atoms with Crippen molar-refractivity contribution >= 4 is 34.6 Å². The van der Waals surface area contributed by atoms with Crippen molar-refractivity contribution in [3.05, 3.63) is 53.3 Å². The fourth-order valence-corrected chi connectivity index (χ4v) is 3.09. The summed E-state index contributed by atoms with van der Waals surface area (Å²) in [6, 6.07) is 10.2. The van der Waals surface area contributed by atoms with E-state index < -0.39 is 0 Å². The van der Waals surface area contributed by atoms with Gasteiger partial charge in [-0.15, -0.1) is 0 Å². The Morgan fingerprint density at radius 1 is 1.36 bits per heavy atom. The van der Waals surface area contributed by atoms with Crippen LogP contribution in [0.25, 0.3) is 6.08 Å². The molecule has 2 aromatic rings. The van der Waals surface area contributed by atoms with Gasteiger partial charge in [0.05, 0.1) is 16.9 Å². The van der Waals surface area contributed by atoms with Crippen molar-refractivity contribution < 1.29 is 14.3 Å². The Morgan fingerprint density at radius 3 is 2.91 bits per heavy atom. The van der Waals surface area contributed by atoms with E-state index in [4.69, 9.17) is 4.42 Å². The molecule has 0 unspecified atom stereocenters. The summed E-state index contributed by atoms with van der Waals surface area (Å²) in [5.41, 5.74) is 0.605. The van der Waals surface area contributed by atoms with Crippen LogP contribution in [0.5, 0.6) is 5.75 Å². The van der Waals surface area contributed by atoms with Crippen LogP contribution in [0, 0.1) is 0 Å². The number of rotatable bonds is 3. The molecule has 0 spiro atoms. The Labute approximate surface area is 132 Å². The maximum Gasteiger partial charge on any atom is 0.266 e. The van der Waals surface area contributed by atoms with Gasteiger partial charge in [0.2, 0.25) is 0 Å². The minimum atomic E-state index is -0.0946. The van der Waals surface area contributed by atoms with Gasteiger partial charge in [0.1, 0.15) is 11.5 Å². The van der Waals surface area contributed by atoms with Gasteiger partial charge in [0, 0.05) is 18.7 Å². The molecule has 1 aliphatic rings. The molecule has 1 N–H and O–H groups in total. The highest BCUT2D eigenvalue weighted by atomic mass is 32.2. The minimum Gasteiger partial charge on any atom is -0.508 e. The maximum atomic E-state index is 12.4. The highest BCUT2D eigenvalue weighted by Gasteiger charge is 2.32. The number of hydrogen-bond donors (Lipinski definition) is 1. The summed E-state index contributed by atoms with van der Waals surface area (Å²) in [6.45, 7) is 2.42. The molecule has 1 fully saturated rings. The lowest BCUT2D eigenvalue weighted by Gasteiger charge is -2.11. The monoisotopic (exact) mass is 314 g/mol. The van der Waals surface area contributed by atoms with Crippen molar-refractivity contribution in [2.24, 2.45) is 4.99 Å². The summed E-state index contributed by atoms with van der Waals surface area (Å²) < 4.78 is 5.25. The highest BCUT2D eigenvalue weighted by molar-refractivity contribution is 8.18. The number of nitrogens with zero attached hydrogens (tertiary/aromatic N) is 2. The second-order valence-corrected chi connectivity index (χ2v) is 5.60. The first kappa shape index (κ1) is 14.5. The van der Waals surface area contributed by atoms with E-state index in [-0.39, 0.29) is 11.7 Å². The van der Waals surface area contributed by atoms with Crippen LogP contribution in [0.2, 0.25) is 0 Å². The Morgan fingerprint density at radius 2 is 2.23 bits per heavy atom. The molecule has 1 aromatic carbocycles. The van der Waals surface area contributed by atoms with E-state index in [2.05, 4.69) is 4.99 Å². The zero-order valence-electron chi connectivity index (χ0n) is 11.9. The van der Waals surface area contributed by atoms with Crippen LogP contribution in [-0.4, -0.2) is 27.6 Å². The number of likely N-dealkylation sites (N-methyl/N-ethyl adjacent to an activating group) is 1. The molecule has 1 aliphatic heterocycles. The number of benzene rings is 1. The predicted octanol–water partition coefficient (Wildman–Crippen LogP) is 3.61. The molecule has 5 nitrogen and oxygen atoms in total. The van der Waals surface area contributed by atoms with E-state index in [1.807, 2.05) is 6.92 Å². The lowest BCUT2D eigenvalue weighted by Crippen LogP contribution is -2.28. The van der Waals surface area contributed by atoms with Crippen molar-refractivity contribution in [3.63, 3.8) is 0 Å². The number of carbonyl (C=O) groups excluding carboxylic acids is 1. The molecular formula is C16H14N2O3S. The normalized spacial score (nSPS) is 18.6. The Hall–Kier alpha value is -2.47. The summed E-state index contributed by atoms with van der Waals surface area (Å²) in [6.07, 6.45) is 3.27. The number of aliphatic imine (C=N–C) groups is 1. The number of carbonyl (C=O) groups is 1. The molecule has 0 radical (unpaired) electrons. The molecule has 2 heterocycles. The number of furan rings is 1. The SMILES string of the molecule is CCN1C(=O)/C(=C/c2ccco2)SC1=Nc1cccc(O)c1. The first-order valence-corrected chi connectivity index (χ1v) is 7.61. The number of phenols is 1. The van der Waals surface area contributed by atoms with Crippen molar-refractivity contribution in [3.8, 4) is 5.75 Å². The Bertz CT molecular complexity index is 751. The smallest absolute Gasteiger partial charge is 0.266 e. The lowest BCUT2D eigenvalue weighted by molar-refractivity contribution is -0.122. The average molecular weight is 314 g/mol. The topological polar surface area (TPSA) is 66.0 Å². The Balaban J connectivity index is 1.93. The summed E-state index contributed by atoms with van der Waals surface area (Å²) in [4.78, 5) is 19.0. The fraction of sp³-hybridized carbons (Fsp3) is 0.125. The second kappa shape index (κ2) is 6.11. The van der Waals surface area contributed by atoms with Gasteiger partial charge in [-0.2, -0.15) is 0 Å². The zero-order chi connectivity index (χ0) is 15.5. The van der Waals surface area contributed by atoms with Gasteiger partial charge in [-0.05, 0) is 43.0 Å². The van der Waals surface area contributed by atoms with Crippen molar-refractivity contribution in [2.75, 3.05) is 6.54 Å². The first-order chi connectivity index (χ1) is 10.7. The van der Waals surface area contributed by atoms with Crippen LogP contribution in [-0.2, 0) is 4.79 Å². The van der Waals surface area contributed by atoms with Crippen LogP contribution in [0.1, 0.15) is 12.7 Å². The van der Waals surface area contributed by atoms with E-state index >= 15 is 0 Å². The van der Waals surface area contributed by atoms with Crippen LogP contribution < -0.4 is 0 Å². The van der Waals surface area contributed by atoms with Crippen LogP contribution in [0.15, 0.2) is 57.0 Å². The highest BCUT2D eigenvalue weighted by Crippen LogP contribution is 2.34. The fourth-order valence-electron chi connectivity index (χ4n) is 2.05. The third-order valence-corrected chi connectivity index (χ3v) is 4.08. The number of hydrogen-bond acceptors (Lipinski definition) is 5. The quantitative estimate of drug-likeness (QED) is 0.879. The second-order valence-electron chi connectivity index (χ2n) is 4.59. The van der Waals surface area contributed by atoms with Gasteiger partial charge in [-0.3, -0.25) is 9.69 Å². The van der Waals surface area contributed by atoms with Crippen LogP contribution >= 0.6 is 11.8 Å². The van der Waals surface area contributed by atoms with Gasteiger partial charge >= 0.3 is 0 Å². The first-order valence-electron chi connectivity index (χ1n) is 6.80. The van der Waals surface area contributed by atoms with Crippen molar-refractivity contribution in [1.29, 1.82) is 0 Å². The van der Waals surface area contributed by atoms with E-state index in [1.54, 1.807) is 53.6 Å². The zero-order valence-corrected chi connectivity index (χ0v) is 12.7. The van der Waals surface area contributed by atoms with Gasteiger partial charge in [-0.1, -0.05) is 6.07 Å². The molecule has 0 atom stereocenters. The number of phenolic OH excluding ortho intramolecular Hbond substituents is 1. The largest absolute Gasteiger partial charge is 0.508 e. The molecule has 22 heavy (non-hydrogen) atoms. The third-order valence-electron chi connectivity index (χ3n) is 3.08. The molecule has 1 aromatic heterocycles. The standard InChI is InChI=1S/C16H14N2O3S/c1-2-18-15(20)14(10-13-7-4-8-21-13)22-16(18)17-11-5-3-6-12(19)9-11/h3-10,19H,2H2,1H3/b14-10-,17-16?. The number of amides is 1. The number of thioether (sulfide) groups is 1. The van der Waals surface area contributed by atoms with Gasteiger partial charge in [0.15, 0.2) is 5.17 Å². The molecule has 0 bridgehead atoms. The summed E-state index contributed by atoms with van der Waals surface area (Å²) >= 11 is 1.30. The lowest BCUT2D eigenvalue weighted by atomic mass is 10.3. The van der Waals surface area contributed by atoms with E-state index in [9.17, 15) is 9.90 Å². The van der Waals surface area contributed by atoms with Crippen LogP contribution in [0.4, 0.5) is 5.69 Å². The van der Waals surface area contributed by atoms with E-state index in [0.29, 0.717) is 28.1 Å². The number of amidine groups is 1. The summed E-state index contributed by atoms with van der Waals surface area (Å²) in [5, 5.41) is 10.1. The molecule has 6 heteroatoms. The molecule has 3 rings (SSSR count). The van der Waals surface area contributed by atoms with E-state index in [1.165, 1.54) is 11.8 Å². The number of aromatic hydroxyl groups is 1. The molecule has 1 saturated heterocycles. The van der Waals surface area contributed by atoms with Crippen LogP contribution in [0.3, 0.4) is 0 Å².